The van der Waals surface area contributed by atoms with Gasteiger partial charge in [0.2, 0.25) is 5.91 Å². The fourth-order valence-electron chi connectivity index (χ4n) is 2.60. The summed E-state index contributed by atoms with van der Waals surface area (Å²) in [6.07, 6.45) is 1.18. The van der Waals surface area contributed by atoms with Gasteiger partial charge in [0.25, 0.3) is 0 Å². The van der Waals surface area contributed by atoms with Crippen LogP contribution in [0, 0.1) is 0 Å². The van der Waals surface area contributed by atoms with Crippen molar-refractivity contribution >= 4 is 5.91 Å². The van der Waals surface area contributed by atoms with E-state index in [1.165, 1.54) is 0 Å². The predicted molar refractivity (Wildman–Crippen MR) is 74.5 cm³/mol. The molecule has 0 aliphatic heterocycles. The molecule has 19 heavy (non-hydrogen) atoms. The van der Waals surface area contributed by atoms with Crippen LogP contribution >= 0.6 is 0 Å². The van der Waals surface area contributed by atoms with Crippen molar-refractivity contribution in [2.75, 3.05) is 0 Å². The number of amides is 1. The third-order valence-corrected chi connectivity index (χ3v) is 4.20. The summed E-state index contributed by atoms with van der Waals surface area (Å²) in [6.45, 7) is 3.81. The molecule has 0 saturated carbocycles. The number of nitrogens with two attached hydrogens (primary N) is 1. The quantitative estimate of drug-likeness (QED) is 0.765. The summed E-state index contributed by atoms with van der Waals surface area (Å²) in [5.74, 6) is -0.182. The molecule has 2 atom stereocenters. The highest BCUT2D eigenvalue weighted by Gasteiger charge is 2.37. The highest BCUT2D eigenvalue weighted by Crippen LogP contribution is 2.31. The van der Waals surface area contributed by atoms with Crippen molar-refractivity contribution in [3.8, 4) is 0 Å². The SMILES string of the molecule is CCC(N)(CC)C(=O)N[C@H]1c2ccccc2C[C@H]1O. The molecule has 104 valence electrons. The Morgan fingerprint density at radius 2 is 2.05 bits per heavy atom. The van der Waals surface area contributed by atoms with E-state index in [2.05, 4.69) is 5.32 Å². The number of hydrogen-bond donors (Lipinski definition) is 3. The van der Waals surface area contributed by atoms with Crippen LogP contribution in [0.1, 0.15) is 43.9 Å². The third-order valence-electron chi connectivity index (χ3n) is 4.20. The van der Waals surface area contributed by atoms with Crippen LogP contribution in [0.3, 0.4) is 0 Å². The van der Waals surface area contributed by atoms with Gasteiger partial charge in [-0.05, 0) is 24.0 Å². The lowest BCUT2D eigenvalue weighted by Gasteiger charge is -2.28. The van der Waals surface area contributed by atoms with Crippen molar-refractivity contribution in [2.24, 2.45) is 5.73 Å². The molecule has 0 aromatic heterocycles. The molecule has 1 aromatic rings. The first-order valence-electron chi connectivity index (χ1n) is 6.87. The molecule has 1 amide bonds. The van der Waals surface area contributed by atoms with Gasteiger partial charge in [0.05, 0.1) is 17.7 Å². The van der Waals surface area contributed by atoms with Crippen molar-refractivity contribution in [2.45, 2.75) is 50.8 Å². The largest absolute Gasteiger partial charge is 0.390 e. The Morgan fingerprint density at radius 1 is 1.42 bits per heavy atom. The fraction of sp³-hybridized carbons (Fsp3) is 0.533. The second-order valence-corrected chi connectivity index (χ2v) is 5.28. The maximum absolute atomic E-state index is 12.3. The maximum Gasteiger partial charge on any atom is 0.240 e. The molecule has 0 heterocycles. The van der Waals surface area contributed by atoms with Gasteiger partial charge in [0.15, 0.2) is 0 Å². The van der Waals surface area contributed by atoms with Gasteiger partial charge in [0, 0.05) is 6.42 Å². The molecule has 1 aliphatic carbocycles. The van der Waals surface area contributed by atoms with Crippen LogP contribution in [0.2, 0.25) is 0 Å². The number of aliphatic hydroxyl groups excluding tert-OH is 1. The molecule has 0 fully saturated rings. The molecule has 1 aliphatic rings. The average Bonchev–Trinajstić information content (AvgIpc) is 2.74. The first-order valence-corrected chi connectivity index (χ1v) is 6.87. The molecule has 4 heteroatoms. The van der Waals surface area contributed by atoms with Crippen LogP contribution in [0.25, 0.3) is 0 Å². The third kappa shape index (κ3) is 2.51. The van der Waals surface area contributed by atoms with E-state index in [1.54, 1.807) is 0 Å². The molecule has 4 N–H and O–H groups in total. The summed E-state index contributed by atoms with van der Waals surface area (Å²) in [6, 6.07) is 7.46. The summed E-state index contributed by atoms with van der Waals surface area (Å²) in [5, 5.41) is 13.0. The molecule has 2 rings (SSSR count). The monoisotopic (exact) mass is 262 g/mol. The Kier molecular flexibility index (Phi) is 3.92. The van der Waals surface area contributed by atoms with Crippen molar-refractivity contribution in [1.82, 2.24) is 5.32 Å². The molecule has 0 unspecified atom stereocenters. The first kappa shape index (κ1) is 14.0. The molecular weight excluding hydrogens is 240 g/mol. The van der Waals surface area contributed by atoms with Crippen LogP contribution in [0.15, 0.2) is 24.3 Å². The lowest BCUT2D eigenvalue weighted by atomic mass is 9.92. The van der Waals surface area contributed by atoms with Gasteiger partial charge in [-0.15, -0.1) is 0 Å². The minimum atomic E-state index is -0.850. The van der Waals surface area contributed by atoms with Gasteiger partial charge < -0.3 is 16.2 Å². The molecule has 0 saturated heterocycles. The number of nitrogens with one attached hydrogen (secondary N) is 1. The lowest BCUT2D eigenvalue weighted by molar-refractivity contribution is -0.128. The number of aliphatic hydroxyl groups is 1. The average molecular weight is 262 g/mol. The predicted octanol–water partition coefficient (Wildman–Crippen LogP) is 1.28. The Labute approximate surface area is 114 Å². The topological polar surface area (TPSA) is 75.4 Å². The van der Waals surface area contributed by atoms with Crippen molar-refractivity contribution in [1.29, 1.82) is 0 Å². The van der Waals surface area contributed by atoms with E-state index in [4.69, 9.17) is 5.73 Å². The number of carbonyl (C=O) groups is 1. The summed E-state index contributed by atoms with van der Waals surface area (Å²) in [4.78, 5) is 12.3. The normalized spacial score (nSPS) is 22.1. The standard InChI is InChI=1S/C15H22N2O2/c1-3-15(16,4-2)14(19)17-13-11-8-6-5-7-10(11)9-12(13)18/h5-8,12-13,18H,3-4,9,16H2,1-2H3,(H,17,19)/t12-,13+/m1/s1. The molecule has 4 nitrogen and oxygen atoms in total. The highest BCUT2D eigenvalue weighted by atomic mass is 16.3. The van der Waals surface area contributed by atoms with Crippen molar-refractivity contribution < 1.29 is 9.90 Å². The Bertz CT molecular complexity index is 469. The van der Waals surface area contributed by atoms with Gasteiger partial charge in [0.1, 0.15) is 0 Å². The number of rotatable bonds is 4. The number of benzene rings is 1. The van der Waals surface area contributed by atoms with Gasteiger partial charge in [-0.25, -0.2) is 0 Å². The van der Waals surface area contributed by atoms with E-state index in [-0.39, 0.29) is 11.9 Å². The van der Waals surface area contributed by atoms with Crippen LogP contribution in [-0.2, 0) is 11.2 Å². The summed E-state index contributed by atoms with van der Waals surface area (Å²) < 4.78 is 0. The van der Waals surface area contributed by atoms with E-state index in [1.807, 2.05) is 38.1 Å². The molecule has 0 radical (unpaired) electrons. The Hall–Kier alpha value is -1.39. The molecule has 0 spiro atoms. The summed E-state index contributed by atoms with van der Waals surface area (Å²) in [5.41, 5.74) is 7.33. The second-order valence-electron chi connectivity index (χ2n) is 5.28. The molecular formula is C15H22N2O2. The van der Waals surface area contributed by atoms with Gasteiger partial charge in [-0.2, -0.15) is 0 Å². The molecule has 0 bridgehead atoms. The smallest absolute Gasteiger partial charge is 0.240 e. The first-order chi connectivity index (χ1) is 9.01. The van der Waals surface area contributed by atoms with Gasteiger partial charge >= 0.3 is 0 Å². The van der Waals surface area contributed by atoms with E-state index in [9.17, 15) is 9.90 Å². The fourth-order valence-corrected chi connectivity index (χ4v) is 2.60. The van der Waals surface area contributed by atoms with Crippen molar-refractivity contribution in [3.63, 3.8) is 0 Å². The van der Waals surface area contributed by atoms with Gasteiger partial charge in [-0.1, -0.05) is 38.1 Å². The number of carbonyl (C=O) groups excluding carboxylic acids is 1. The van der Waals surface area contributed by atoms with E-state index in [0.29, 0.717) is 19.3 Å². The zero-order valence-corrected chi connectivity index (χ0v) is 11.5. The van der Waals surface area contributed by atoms with Crippen molar-refractivity contribution in [3.05, 3.63) is 35.4 Å². The minimum absolute atomic E-state index is 0.182. The second kappa shape index (κ2) is 5.31. The summed E-state index contributed by atoms with van der Waals surface area (Å²) >= 11 is 0. The Balaban J connectivity index is 2.18. The number of hydrogen-bond acceptors (Lipinski definition) is 3. The van der Waals surface area contributed by atoms with Gasteiger partial charge in [-0.3, -0.25) is 4.79 Å². The van der Waals surface area contributed by atoms with Crippen LogP contribution < -0.4 is 11.1 Å². The van der Waals surface area contributed by atoms with E-state index in [0.717, 1.165) is 11.1 Å². The molecule has 1 aromatic carbocycles. The summed E-state index contributed by atoms with van der Waals surface area (Å²) in [7, 11) is 0. The van der Waals surface area contributed by atoms with E-state index < -0.39 is 11.6 Å². The van der Waals surface area contributed by atoms with E-state index >= 15 is 0 Å². The van der Waals surface area contributed by atoms with Crippen LogP contribution in [0.5, 0.6) is 0 Å². The van der Waals surface area contributed by atoms with Crippen LogP contribution in [-0.4, -0.2) is 22.7 Å². The number of fused-ring (bicyclic) bond motifs is 1. The Morgan fingerprint density at radius 3 is 2.68 bits per heavy atom. The lowest BCUT2D eigenvalue weighted by Crippen LogP contribution is -2.54. The highest BCUT2D eigenvalue weighted by molar-refractivity contribution is 5.86. The zero-order valence-electron chi connectivity index (χ0n) is 11.5. The maximum atomic E-state index is 12.3. The zero-order chi connectivity index (χ0) is 14.0. The van der Waals surface area contributed by atoms with Crippen LogP contribution in [0.4, 0.5) is 0 Å². The minimum Gasteiger partial charge on any atom is -0.390 e.